The van der Waals surface area contributed by atoms with Crippen molar-refractivity contribution < 1.29 is 14.6 Å². The number of aliphatic hydroxyl groups is 1. The van der Waals surface area contributed by atoms with Gasteiger partial charge in [-0.2, -0.15) is 5.10 Å². The van der Waals surface area contributed by atoms with Crippen LogP contribution in [0.4, 0.5) is 10.6 Å². The number of carbonyl (C=O) groups excluding carboxylic acids is 1. The third-order valence-electron chi connectivity index (χ3n) is 8.59. The molecule has 2 aliphatic rings. The summed E-state index contributed by atoms with van der Waals surface area (Å²) in [5.74, 6) is 2.28. The number of piperidine rings is 1. The van der Waals surface area contributed by atoms with Crippen LogP contribution in [0.15, 0.2) is 48.7 Å². The van der Waals surface area contributed by atoms with Gasteiger partial charge in [0.25, 0.3) is 0 Å². The number of aliphatic hydroxyl groups excluding tert-OH is 1. The number of carbonyl (C=O) groups is 1. The summed E-state index contributed by atoms with van der Waals surface area (Å²) < 4.78 is 10.3. The van der Waals surface area contributed by atoms with Crippen LogP contribution in [0, 0.1) is 0 Å². The van der Waals surface area contributed by atoms with Crippen molar-refractivity contribution in [1.82, 2.24) is 34.6 Å². The predicted molar refractivity (Wildman–Crippen MR) is 164 cm³/mol. The van der Waals surface area contributed by atoms with Crippen LogP contribution in [-0.4, -0.2) is 60.6 Å². The number of likely N-dealkylation sites (tertiary alicyclic amines) is 1. The SMILES string of the molecule is CN1CCCC[C@H]1c1nnc2ccc(O[C@@H]3CC[C@H](NC(=O)Nc4cc(C(C)(C)C)nn4CCO)c4ccccc43)cn12. The molecule has 0 spiro atoms. The van der Waals surface area contributed by atoms with E-state index in [9.17, 15) is 9.90 Å². The number of hydrogen-bond acceptors (Lipinski definition) is 7. The molecule has 3 aromatic heterocycles. The number of rotatable bonds is 7. The number of hydrogen-bond donors (Lipinski definition) is 3. The van der Waals surface area contributed by atoms with Gasteiger partial charge in [0, 0.05) is 11.5 Å². The lowest BCUT2D eigenvalue weighted by atomic mass is 9.85. The fourth-order valence-corrected chi connectivity index (χ4v) is 6.23. The Bertz CT molecular complexity index is 1590. The second-order valence-electron chi connectivity index (χ2n) is 12.7. The molecule has 6 rings (SSSR count). The highest BCUT2D eigenvalue weighted by atomic mass is 16.5. The molecule has 0 saturated carbocycles. The van der Waals surface area contributed by atoms with E-state index in [1.54, 1.807) is 4.68 Å². The largest absolute Gasteiger partial charge is 0.484 e. The highest BCUT2D eigenvalue weighted by molar-refractivity contribution is 5.88. The van der Waals surface area contributed by atoms with Gasteiger partial charge in [0.05, 0.1) is 37.1 Å². The summed E-state index contributed by atoms with van der Waals surface area (Å²) >= 11 is 0. The molecule has 11 heteroatoms. The van der Waals surface area contributed by atoms with Gasteiger partial charge in [0.15, 0.2) is 11.5 Å². The number of nitrogens with zero attached hydrogens (tertiary/aromatic N) is 6. The summed E-state index contributed by atoms with van der Waals surface area (Å²) in [6.07, 6.45) is 6.81. The molecule has 1 aliphatic heterocycles. The second-order valence-corrected chi connectivity index (χ2v) is 12.7. The van der Waals surface area contributed by atoms with Crippen LogP contribution in [0.2, 0.25) is 0 Å². The summed E-state index contributed by atoms with van der Waals surface area (Å²) in [5.41, 5.74) is 3.59. The smallest absolute Gasteiger partial charge is 0.320 e. The van der Waals surface area contributed by atoms with Crippen molar-refractivity contribution in [3.8, 4) is 5.75 Å². The molecule has 4 aromatic rings. The van der Waals surface area contributed by atoms with Gasteiger partial charge in [0.1, 0.15) is 17.7 Å². The zero-order chi connectivity index (χ0) is 30.1. The first-order chi connectivity index (χ1) is 20.7. The van der Waals surface area contributed by atoms with E-state index in [-0.39, 0.29) is 36.2 Å². The first kappa shape index (κ1) is 29.1. The molecule has 0 radical (unpaired) electrons. The molecule has 4 heterocycles. The van der Waals surface area contributed by atoms with Crippen molar-refractivity contribution in [3.63, 3.8) is 0 Å². The van der Waals surface area contributed by atoms with Crippen molar-refractivity contribution in [2.24, 2.45) is 0 Å². The highest BCUT2D eigenvalue weighted by Gasteiger charge is 2.31. The Morgan fingerprint density at radius 1 is 1.07 bits per heavy atom. The minimum absolute atomic E-state index is 0.0673. The maximum absolute atomic E-state index is 13.2. The normalized spacial score (nSPS) is 21.0. The van der Waals surface area contributed by atoms with Crippen molar-refractivity contribution in [1.29, 1.82) is 0 Å². The van der Waals surface area contributed by atoms with E-state index in [1.807, 2.05) is 36.5 Å². The molecular formula is C32H42N8O3. The predicted octanol–water partition coefficient (Wildman–Crippen LogP) is 5.15. The monoisotopic (exact) mass is 586 g/mol. The van der Waals surface area contributed by atoms with Crippen LogP contribution in [0.3, 0.4) is 0 Å². The van der Waals surface area contributed by atoms with Crippen LogP contribution in [-0.2, 0) is 12.0 Å². The molecule has 2 amide bonds. The zero-order valence-corrected chi connectivity index (χ0v) is 25.5. The lowest BCUT2D eigenvalue weighted by molar-refractivity contribution is 0.170. The Labute approximate surface area is 252 Å². The second kappa shape index (κ2) is 12.0. The Kier molecular flexibility index (Phi) is 8.11. The van der Waals surface area contributed by atoms with Crippen LogP contribution < -0.4 is 15.4 Å². The molecule has 3 N–H and O–H groups in total. The molecular weight excluding hydrogens is 544 g/mol. The van der Waals surface area contributed by atoms with Crippen LogP contribution in [0.25, 0.3) is 5.65 Å². The molecule has 3 atom stereocenters. The van der Waals surface area contributed by atoms with E-state index in [0.717, 1.165) is 59.8 Å². The van der Waals surface area contributed by atoms with Gasteiger partial charge in [-0.15, -0.1) is 10.2 Å². The molecule has 228 valence electrons. The number of pyridine rings is 1. The lowest BCUT2D eigenvalue weighted by Gasteiger charge is -2.32. The summed E-state index contributed by atoms with van der Waals surface area (Å²) in [6, 6.07) is 13.7. The molecule has 0 unspecified atom stereocenters. The average molecular weight is 587 g/mol. The zero-order valence-electron chi connectivity index (χ0n) is 25.5. The molecule has 43 heavy (non-hydrogen) atoms. The van der Waals surface area contributed by atoms with E-state index >= 15 is 0 Å². The van der Waals surface area contributed by atoms with Gasteiger partial charge < -0.3 is 15.2 Å². The van der Waals surface area contributed by atoms with Gasteiger partial charge >= 0.3 is 6.03 Å². The van der Waals surface area contributed by atoms with E-state index < -0.39 is 0 Å². The number of benzene rings is 1. The third-order valence-corrected chi connectivity index (χ3v) is 8.59. The summed E-state index contributed by atoms with van der Waals surface area (Å²) in [5, 5.41) is 29.2. The van der Waals surface area contributed by atoms with E-state index in [1.165, 1.54) is 12.8 Å². The summed E-state index contributed by atoms with van der Waals surface area (Å²) in [6.45, 7) is 7.50. The van der Waals surface area contributed by atoms with Crippen molar-refractivity contribution in [2.75, 3.05) is 25.5 Å². The maximum atomic E-state index is 13.2. The standard InChI is InChI=1S/C32H42N8O3/c1-32(2,3)27-19-29(40(37-27)17-18-41)34-31(42)33-24-13-14-26(23-10-6-5-9-22(23)24)43-21-12-15-28-35-36-30(39(28)20-21)25-11-7-8-16-38(25)4/h5-6,9-10,12,15,19-20,24-26,41H,7-8,11,13-14,16-18H2,1-4H3,(H2,33,34,42)/t24-,25-,26+/m0/s1. The van der Waals surface area contributed by atoms with Gasteiger partial charge in [-0.1, -0.05) is 51.5 Å². The van der Waals surface area contributed by atoms with Crippen molar-refractivity contribution >= 4 is 17.5 Å². The van der Waals surface area contributed by atoms with Gasteiger partial charge in [-0.3, -0.25) is 14.6 Å². The Balaban J connectivity index is 1.18. The minimum Gasteiger partial charge on any atom is -0.484 e. The Morgan fingerprint density at radius 2 is 1.88 bits per heavy atom. The number of amides is 2. The van der Waals surface area contributed by atoms with Crippen LogP contribution in [0.5, 0.6) is 5.75 Å². The third kappa shape index (κ3) is 6.09. The van der Waals surface area contributed by atoms with E-state index in [4.69, 9.17) is 4.74 Å². The number of urea groups is 1. The molecule has 1 aliphatic carbocycles. The van der Waals surface area contributed by atoms with Crippen molar-refractivity contribution in [3.05, 3.63) is 71.3 Å². The van der Waals surface area contributed by atoms with Gasteiger partial charge in [-0.05, 0) is 62.5 Å². The Hall–Kier alpha value is -3.96. The van der Waals surface area contributed by atoms with Crippen LogP contribution >= 0.6 is 0 Å². The molecule has 1 fully saturated rings. The lowest BCUT2D eigenvalue weighted by Crippen LogP contribution is -2.36. The summed E-state index contributed by atoms with van der Waals surface area (Å²) in [7, 11) is 2.15. The number of fused-ring (bicyclic) bond motifs is 2. The quantitative estimate of drug-likeness (QED) is 0.274. The maximum Gasteiger partial charge on any atom is 0.320 e. The molecule has 0 bridgehead atoms. The van der Waals surface area contributed by atoms with Crippen molar-refractivity contribution in [2.45, 2.75) is 83.0 Å². The molecule has 1 aromatic carbocycles. The number of anilines is 1. The number of aromatic nitrogens is 5. The fraction of sp³-hybridized carbons (Fsp3) is 0.500. The van der Waals surface area contributed by atoms with E-state index in [2.05, 4.69) is 75.2 Å². The number of nitrogens with one attached hydrogen (secondary N) is 2. The summed E-state index contributed by atoms with van der Waals surface area (Å²) in [4.78, 5) is 15.5. The topological polar surface area (TPSA) is 122 Å². The highest BCUT2D eigenvalue weighted by Crippen LogP contribution is 2.39. The van der Waals surface area contributed by atoms with Gasteiger partial charge in [-0.25, -0.2) is 9.48 Å². The fourth-order valence-electron chi connectivity index (χ4n) is 6.23. The van der Waals surface area contributed by atoms with Crippen LogP contribution in [0.1, 0.15) is 93.7 Å². The van der Waals surface area contributed by atoms with Gasteiger partial charge in [0.2, 0.25) is 0 Å². The average Bonchev–Trinajstić information content (AvgIpc) is 3.59. The number of ether oxygens (including phenoxy) is 1. The Morgan fingerprint density at radius 3 is 2.65 bits per heavy atom. The molecule has 1 saturated heterocycles. The van der Waals surface area contributed by atoms with E-state index in [0.29, 0.717) is 12.4 Å². The first-order valence-corrected chi connectivity index (χ1v) is 15.3. The minimum atomic E-state index is -0.308. The first-order valence-electron chi connectivity index (χ1n) is 15.3. The molecule has 11 nitrogen and oxygen atoms in total.